The van der Waals surface area contributed by atoms with Crippen molar-refractivity contribution in [3.8, 4) is 17.2 Å². The summed E-state index contributed by atoms with van der Waals surface area (Å²) in [6.07, 6.45) is 1.75. The van der Waals surface area contributed by atoms with Gasteiger partial charge in [0.15, 0.2) is 11.5 Å². The Bertz CT molecular complexity index is 653. The standard InChI is InChI=1S/C15H12BrNO3/c1-18-13-7-15-14(19-9-20-15)6-10(13)8-17-12-4-2-11(16)3-5-12/h2-8H,9H2,1H3. The van der Waals surface area contributed by atoms with Crippen molar-refractivity contribution in [3.05, 3.63) is 46.4 Å². The summed E-state index contributed by atoms with van der Waals surface area (Å²) in [4.78, 5) is 4.43. The van der Waals surface area contributed by atoms with Crippen molar-refractivity contribution in [3.63, 3.8) is 0 Å². The van der Waals surface area contributed by atoms with Gasteiger partial charge in [-0.3, -0.25) is 4.99 Å². The molecule has 0 atom stereocenters. The van der Waals surface area contributed by atoms with E-state index in [1.807, 2.05) is 36.4 Å². The summed E-state index contributed by atoms with van der Waals surface area (Å²) in [5, 5.41) is 0. The van der Waals surface area contributed by atoms with Crippen LogP contribution >= 0.6 is 15.9 Å². The lowest BCUT2D eigenvalue weighted by Gasteiger charge is -2.06. The van der Waals surface area contributed by atoms with E-state index in [0.717, 1.165) is 15.7 Å². The molecule has 3 rings (SSSR count). The van der Waals surface area contributed by atoms with Gasteiger partial charge in [-0.05, 0) is 30.3 Å². The zero-order chi connectivity index (χ0) is 13.9. The Kier molecular flexibility index (Phi) is 3.60. The van der Waals surface area contributed by atoms with Crippen LogP contribution in [-0.2, 0) is 0 Å². The van der Waals surface area contributed by atoms with Gasteiger partial charge in [-0.2, -0.15) is 0 Å². The summed E-state index contributed by atoms with van der Waals surface area (Å²) in [6.45, 7) is 0.242. The Morgan fingerprint density at radius 2 is 1.85 bits per heavy atom. The molecular formula is C15H12BrNO3. The molecule has 0 saturated heterocycles. The van der Waals surface area contributed by atoms with Crippen molar-refractivity contribution >= 4 is 27.8 Å². The van der Waals surface area contributed by atoms with Crippen LogP contribution < -0.4 is 14.2 Å². The number of hydrogen-bond donors (Lipinski definition) is 0. The summed E-state index contributed by atoms with van der Waals surface area (Å²) in [5.41, 5.74) is 1.72. The molecule has 102 valence electrons. The number of hydrogen-bond acceptors (Lipinski definition) is 4. The maximum atomic E-state index is 5.36. The number of aliphatic imine (C=N–C) groups is 1. The Morgan fingerprint density at radius 1 is 1.15 bits per heavy atom. The highest BCUT2D eigenvalue weighted by molar-refractivity contribution is 9.10. The van der Waals surface area contributed by atoms with Gasteiger partial charge in [-0.25, -0.2) is 0 Å². The third kappa shape index (κ3) is 2.63. The van der Waals surface area contributed by atoms with E-state index >= 15 is 0 Å². The van der Waals surface area contributed by atoms with Crippen LogP contribution in [0.15, 0.2) is 45.9 Å². The van der Waals surface area contributed by atoms with Crippen LogP contribution in [0.25, 0.3) is 0 Å². The number of benzene rings is 2. The second-order valence-electron chi connectivity index (χ2n) is 4.18. The zero-order valence-corrected chi connectivity index (χ0v) is 12.4. The highest BCUT2D eigenvalue weighted by atomic mass is 79.9. The monoisotopic (exact) mass is 333 g/mol. The molecule has 0 saturated carbocycles. The van der Waals surface area contributed by atoms with Crippen molar-refractivity contribution in [2.45, 2.75) is 0 Å². The number of ether oxygens (including phenoxy) is 3. The first-order valence-electron chi connectivity index (χ1n) is 6.03. The van der Waals surface area contributed by atoms with Crippen LogP contribution in [0.1, 0.15) is 5.56 Å². The minimum absolute atomic E-state index is 0.242. The fourth-order valence-corrected chi connectivity index (χ4v) is 2.15. The SMILES string of the molecule is COc1cc2c(cc1C=Nc1ccc(Br)cc1)OCO2. The number of halogens is 1. The van der Waals surface area contributed by atoms with Crippen LogP contribution in [0.5, 0.6) is 17.2 Å². The lowest BCUT2D eigenvalue weighted by molar-refractivity contribution is 0.174. The van der Waals surface area contributed by atoms with E-state index < -0.39 is 0 Å². The number of nitrogens with zero attached hydrogens (tertiary/aromatic N) is 1. The second kappa shape index (κ2) is 5.54. The molecule has 2 aromatic rings. The van der Waals surface area contributed by atoms with Gasteiger partial charge in [0.2, 0.25) is 6.79 Å². The van der Waals surface area contributed by atoms with Gasteiger partial charge in [0.05, 0.1) is 12.8 Å². The molecule has 0 N–H and O–H groups in total. The van der Waals surface area contributed by atoms with Gasteiger partial charge in [0.1, 0.15) is 5.75 Å². The van der Waals surface area contributed by atoms with E-state index in [0.29, 0.717) is 17.2 Å². The number of fused-ring (bicyclic) bond motifs is 1. The van der Waals surface area contributed by atoms with E-state index in [9.17, 15) is 0 Å². The summed E-state index contributed by atoms with van der Waals surface area (Å²) >= 11 is 3.40. The predicted molar refractivity (Wildman–Crippen MR) is 80.5 cm³/mol. The fraction of sp³-hybridized carbons (Fsp3) is 0.133. The third-order valence-corrected chi connectivity index (χ3v) is 3.43. The molecule has 5 heteroatoms. The van der Waals surface area contributed by atoms with E-state index in [1.54, 1.807) is 13.3 Å². The van der Waals surface area contributed by atoms with Crippen molar-refractivity contribution in [2.24, 2.45) is 4.99 Å². The minimum Gasteiger partial charge on any atom is -0.496 e. The Balaban J connectivity index is 1.91. The lowest BCUT2D eigenvalue weighted by atomic mass is 10.2. The van der Waals surface area contributed by atoms with Crippen molar-refractivity contribution in [1.29, 1.82) is 0 Å². The Labute approximate surface area is 125 Å². The summed E-state index contributed by atoms with van der Waals surface area (Å²) in [5.74, 6) is 2.11. The molecule has 20 heavy (non-hydrogen) atoms. The first-order valence-corrected chi connectivity index (χ1v) is 6.83. The van der Waals surface area contributed by atoms with Gasteiger partial charge in [0.25, 0.3) is 0 Å². The molecule has 0 aromatic heterocycles. The largest absolute Gasteiger partial charge is 0.496 e. The van der Waals surface area contributed by atoms with E-state index in [2.05, 4.69) is 20.9 Å². The average molecular weight is 334 g/mol. The molecule has 0 radical (unpaired) electrons. The molecule has 0 unspecified atom stereocenters. The molecule has 0 amide bonds. The normalized spacial score (nSPS) is 12.9. The summed E-state index contributed by atoms with van der Waals surface area (Å²) in [7, 11) is 1.62. The first-order chi connectivity index (χ1) is 9.76. The molecule has 0 spiro atoms. The van der Waals surface area contributed by atoms with Crippen molar-refractivity contribution in [2.75, 3.05) is 13.9 Å². The average Bonchev–Trinajstić information content (AvgIpc) is 2.92. The van der Waals surface area contributed by atoms with Crippen molar-refractivity contribution < 1.29 is 14.2 Å². The molecule has 4 nitrogen and oxygen atoms in total. The highest BCUT2D eigenvalue weighted by Crippen LogP contribution is 2.37. The van der Waals surface area contributed by atoms with Crippen LogP contribution in [0, 0.1) is 0 Å². The Morgan fingerprint density at radius 3 is 2.55 bits per heavy atom. The topological polar surface area (TPSA) is 40.0 Å². The maximum Gasteiger partial charge on any atom is 0.231 e. The van der Waals surface area contributed by atoms with Crippen LogP contribution in [-0.4, -0.2) is 20.1 Å². The number of methoxy groups -OCH3 is 1. The molecule has 2 aromatic carbocycles. The first kappa shape index (κ1) is 13.0. The smallest absolute Gasteiger partial charge is 0.231 e. The minimum atomic E-state index is 0.242. The van der Waals surface area contributed by atoms with E-state index in [1.165, 1.54) is 0 Å². The molecule has 0 aliphatic carbocycles. The highest BCUT2D eigenvalue weighted by Gasteiger charge is 2.16. The predicted octanol–water partition coefficient (Wildman–Crippen LogP) is 3.94. The molecule has 0 bridgehead atoms. The van der Waals surface area contributed by atoms with Gasteiger partial charge >= 0.3 is 0 Å². The van der Waals surface area contributed by atoms with Gasteiger partial charge in [-0.1, -0.05) is 15.9 Å². The van der Waals surface area contributed by atoms with Gasteiger partial charge < -0.3 is 14.2 Å². The molecule has 1 aliphatic rings. The van der Waals surface area contributed by atoms with Crippen LogP contribution in [0.4, 0.5) is 5.69 Å². The summed E-state index contributed by atoms with van der Waals surface area (Å²) < 4.78 is 17.0. The molecule has 0 fully saturated rings. The van der Waals surface area contributed by atoms with Crippen LogP contribution in [0.2, 0.25) is 0 Å². The Hall–Kier alpha value is -2.01. The molecule has 1 aliphatic heterocycles. The fourth-order valence-electron chi connectivity index (χ4n) is 1.89. The maximum absolute atomic E-state index is 5.36. The summed E-state index contributed by atoms with van der Waals surface area (Å²) in [6, 6.07) is 11.4. The third-order valence-electron chi connectivity index (χ3n) is 2.90. The number of rotatable bonds is 3. The van der Waals surface area contributed by atoms with Crippen molar-refractivity contribution in [1.82, 2.24) is 0 Å². The van der Waals surface area contributed by atoms with E-state index in [4.69, 9.17) is 14.2 Å². The van der Waals surface area contributed by atoms with Gasteiger partial charge in [0, 0.05) is 22.3 Å². The van der Waals surface area contributed by atoms with Gasteiger partial charge in [-0.15, -0.1) is 0 Å². The molecular weight excluding hydrogens is 322 g/mol. The van der Waals surface area contributed by atoms with Crippen LogP contribution in [0.3, 0.4) is 0 Å². The quantitative estimate of drug-likeness (QED) is 0.799. The van der Waals surface area contributed by atoms with E-state index in [-0.39, 0.29) is 6.79 Å². The molecule has 1 heterocycles. The second-order valence-corrected chi connectivity index (χ2v) is 5.10. The zero-order valence-electron chi connectivity index (χ0n) is 10.8. The lowest BCUT2D eigenvalue weighted by Crippen LogP contribution is -1.92.